The van der Waals surface area contributed by atoms with Crippen LogP contribution in [0, 0.1) is 46.3 Å². The van der Waals surface area contributed by atoms with E-state index in [9.17, 15) is 39.1 Å². The lowest BCUT2D eigenvalue weighted by Crippen LogP contribution is -2.68. The van der Waals surface area contributed by atoms with E-state index in [-0.39, 0.29) is 58.9 Å². The van der Waals surface area contributed by atoms with Crippen LogP contribution in [-0.2, 0) is 24.1 Å². The number of hydrogen-bond donors (Lipinski definition) is 7. The lowest BCUT2D eigenvalue weighted by atomic mass is 9.42. The van der Waals surface area contributed by atoms with Crippen LogP contribution >= 0.6 is 0 Å². The van der Waals surface area contributed by atoms with Gasteiger partial charge in [-0.15, -0.1) is 0 Å². The lowest BCUT2D eigenvalue weighted by molar-refractivity contribution is -0.284. The summed E-state index contributed by atoms with van der Waals surface area (Å²) in [6, 6.07) is 0. The third-order valence-electron chi connectivity index (χ3n) is 13.1. The fourth-order valence-electron chi connectivity index (χ4n) is 10.9. The number of ether oxygens (including phenoxy) is 2. The van der Waals surface area contributed by atoms with E-state index in [0.717, 1.165) is 25.7 Å². The van der Waals surface area contributed by atoms with Gasteiger partial charge in [0, 0.05) is 12.3 Å². The minimum Gasteiger partial charge on any atom is -0.393 e. The second kappa shape index (κ2) is 12.8. The van der Waals surface area contributed by atoms with Crippen molar-refractivity contribution in [3.05, 3.63) is 0 Å². The molecule has 0 radical (unpaired) electrons. The van der Waals surface area contributed by atoms with E-state index in [1.807, 2.05) is 13.8 Å². The Labute approximate surface area is 267 Å². The predicted molar refractivity (Wildman–Crippen MR) is 162 cm³/mol. The number of rotatable bonds is 9. The highest BCUT2D eigenvalue weighted by Crippen LogP contribution is 2.69. The van der Waals surface area contributed by atoms with Gasteiger partial charge in [-0.25, -0.2) is 4.18 Å². The van der Waals surface area contributed by atoms with Gasteiger partial charge in [0.1, 0.15) is 18.3 Å². The van der Waals surface area contributed by atoms with Gasteiger partial charge in [0.05, 0.1) is 36.6 Å². The van der Waals surface area contributed by atoms with Gasteiger partial charge in [-0.2, -0.15) is 8.42 Å². The van der Waals surface area contributed by atoms with Crippen molar-refractivity contribution in [1.82, 2.24) is 0 Å². The lowest BCUT2D eigenvalue weighted by Gasteiger charge is -2.66. The molecule has 13 heteroatoms. The zero-order valence-electron chi connectivity index (χ0n) is 27.2. The third-order valence-corrected chi connectivity index (χ3v) is 13.6. The highest BCUT2D eigenvalue weighted by Gasteiger charge is 2.70. The second-order valence-electron chi connectivity index (χ2n) is 16.0. The molecule has 0 amide bonds. The zero-order valence-corrected chi connectivity index (χ0v) is 28.1. The Bertz CT molecular complexity index is 1150. The van der Waals surface area contributed by atoms with Gasteiger partial charge in [-0.05, 0) is 91.8 Å². The highest BCUT2D eigenvalue weighted by molar-refractivity contribution is 7.80. The van der Waals surface area contributed by atoms with E-state index in [4.69, 9.17) is 14.0 Å². The molecule has 1 aliphatic heterocycles. The third kappa shape index (κ3) is 6.50. The van der Waals surface area contributed by atoms with Gasteiger partial charge in [-0.3, -0.25) is 4.55 Å². The quantitative estimate of drug-likeness (QED) is 0.176. The molecule has 0 aromatic carbocycles. The molecule has 0 aromatic rings. The van der Waals surface area contributed by atoms with Crippen LogP contribution < -0.4 is 0 Å². The Kier molecular flexibility index (Phi) is 10.2. The van der Waals surface area contributed by atoms with Crippen LogP contribution in [0.3, 0.4) is 0 Å². The first-order valence-electron chi connectivity index (χ1n) is 16.9. The maximum Gasteiger partial charge on any atom is 0.397 e. The molecule has 16 atom stereocenters. The Morgan fingerprint density at radius 1 is 0.911 bits per heavy atom. The van der Waals surface area contributed by atoms with E-state index in [1.165, 1.54) is 0 Å². The fraction of sp³-hybridized carbons (Fsp3) is 1.00. The van der Waals surface area contributed by atoms with E-state index < -0.39 is 65.5 Å². The fourth-order valence-corrected chi connectivity index (χ4v) is 11.4. The Morgan fingerprint density at radius 2 is 1.58 bits per heavy atom. The van der Waals surface area contributed by atoms with E-state index in [0.29, 0.717) is 25.7 Å². The number of aliphatic hydroxyl groups is 6. The smallest absolute Gasteiger partial charge is 0.393 e. The summed E-state index contributed by atoms with van der Waals surface area (Å²) >= 11 is 0. The van der Waals surface area contributed by atoms with Crippen LogP contribution in [0.25, 0.3) is 0 Å². The van der Waals surface area contributed by atoms with Gasteiger partial charge >= 0.3 is 10.4 Å². The van der Waals surface area contributed by atoms with Gasteiger partial charge in [0.25, 0.3) is 0 Å². The summed E-state index contributed by atoms with van der Waals surface area (Å²) in [5.74, 6) is -0.161. The molecule has 262 valence electrons. The van der Waals surface area contributed by atoms with Crippen molar-refractivity contribution in [1.29, 1.82) is 0 Å². The maximum absolute atomic E-state index is 12.5. The summed E-state index contributed by atoms with van der Waals surface area (Å²) in [6.45, 7) is 10.1. The highest BCUT2D eigenvalue weighted by atomic mass is 32.3. The van der Waals surface area contributed by atoms with Crippen molar-refractivity contribution in [3.8, 4) is 0 Å². The summed E-state index contributed by atoms with van der Waals surface area (Å²) in [4.78, 5) is 0. The summed E-state index contributed by atoms with van der Waals surface area (Å²) < 4.78 is 47.1. The average Bonchev–Trinajstić information content (AvgIpc) is 3.21. The summed E-state index contributed by atoms with van der Waals surface area (Å²) in [5, 5.41) is 66.8. The number of hydrogen-bond acceptors (Lipinski definition) is 11. The van der Waals surface area contributed by atoms with Crippen LogP contribution in [0.4, 0.5) is 0 Å². The van der Waals surface area contributed by atoms with Gasteiger partial charge < -0.3 is 40.1 Å². The Balaban J connectivity index is 1.25. The molecule has 7 N–H and O–H groups in total. The maximum atomic E-state index is 12.5. The molecule has 45 heavy (non-hydrogen) atoms. The molecule has 3 unspecified atom stereocenters. The Morgan fingerprint density at radius 3 is 2.22 bits per heavy atom. The van der Waals surface area contributed by atoms with Crippen molar-refractivity contribution in [3.63, 3.8) is 0 Å². The van der Waals surface area contributed by atoms with E-state index >= 15 is 0 Å². The molecule has 1 saturated heterocycles. The van der Waals surface area contributed by atoms with Crippen LogP contribution in [0.1, 0.15) is 92.4 Å². The van der Waals surface area contributed by atoms with Crippen LogP contribution in [0.15, 0.2) is 0 Å². The molecule has 0 aromatic heterocycles. The molecule has 4 saturated carbocycles. The minimum absolute atomic E-state index is 0.0250. The molecule has 1 heterocycles. The van der Waals surface area contributed by atoms with Crippen LogP contribution in [0.2, 0.25) is 0 Å². The normalized spacial score (nSPS) is 50.0. The van der Waals surface area contributed by atoms with Gasteiger partial charge in [-0.1, -0.05) is 34.6 Å². The van der Waals surface area contributed by atoms with E-state index in [1.54, 1.807) is 0 Å². The summed E-state index contributed by atoms with van der Waals surface area (Å²) in [6.07, 6.45) is -2.36. The largest absolute Gasteiger partial charge is 0.397 e. The topological polar surface area (TPSA) is 203 Å². The number of fused-ring (bicyclic) bond motifs is 5. The molecule has 0 bridgehead atoms. The monoisotopic (exact) mass is 664 g/mol. The predicted octanol–water partition coefficient (Wildman–Crippen LogP) is 1.79. The van der Waals surface area contributed by atoms with Crippen molar-refractivity contribution < 1.29 is 57.3 Å². The second-order valence-corrected chi connectivity index (χ2v) is 17.1. The van der Waals surface area contributed by atoms with Crippen molar-refractivity contribution in [2.45, 2.75) is 147 Å². The summed E-state index contributed by atoms with van der Waals surface area (Å²) in [7, 11) is -4.85. The van der Waals surface area contributed by atoms with Gasteiger partial charge in [0.2, 0.25) is 0 Å². The number of aliphatic hydroxyl groups excluding tert-OH is 5. The molecule has 5 fully saturated rings. The Hall–Kier alpha value is -0.450. The van der Waals surface area contributed by atoms with Crippen LogP contribution in [-0.4, -0.2) is 105 Å². The zero-order chi connectivity index (χ0) is 33.3. The first-order chi connectivity index (χ1) is 20.8. The van der Waals surface area contributed by atoms with Crippen LogP contribution in [0.5, 0.6) is 0 Å². The molecular formula is C32H56O12S. The molecule has 5 aliphatic rings. The van der Waals surface area contributed by atoms with E-state index in [2.05, 4.69) is 25.0 Å². The minimum atomic E-state index is -4.85. The average molecular weight is 665 g/mol. The SMILES string of the molecule is CC(C)[C@H](CC[C@@H](C)[C@H]1C[C@H](O)C2C3(O)C[C@H](O)[C@@H]4C[C@@H](O)CC[C@]4(C)C3CC[C@@]21C)O[C@@H]1OC[C@@H](OS(=O)(=O)O)[C@H](O)[C@H]1O. The van der Waals surface area contributed by atoms with Gasteiger partial charge in [0.15, 0.2) is 6.29 Å². The summed E-state index contributed by atoms with van der Waals surface area (Å²) in [5.41, 5.74) is -1.82. The first-order valence-corrected chi connectivity index (χ1v) is 18.2. The molecule has 0 spiro atoms. The van der Waals surface area contributed by atoms with Crippen molar-refractivity contribution in [2.24, 2.45) is 46.3 Å². The molecule has 12 nitrogen and oxygen atoms in total. The molecular weight excluding hydrogens is 608 g/mol. The first kappa shape index (κ1) is 35.8. The molecule has 5 rings (SSSR count). The molecule has 4 aliphatic carbocycles. The standard InChI is InChI=1S/C32H56O12S/c1-16(2)23(43-29-27(37)26(36)24(15-42-29)44-45(39,40)41)7-6-17(3)19-13-21(34)28-31(19,5)11-9-25-30(4)10-8-18(33)12-20(30)22(35)14-32(25,28)38/h16-29,33-38H,6-15H2,1-5H3,(H,39,40,41)/t17-,18+,19-,20+,21+,22+,23+,24-,25?,26+,27-,28?,29+,30+,31-,32?/m1/s1. The van der Waals surface area contributed by atoms with Crippen molar-refractivity contribution in [2.75, 3.05) is 6.61 Å². The van der Waals surface area contributed by atoms with Crippen molar-refractivity contribution >= 4 is 10.4 Å².